The smallest absolute Gasteiger partial charge is 0.0702 e. The number of aromatic nitrogens is 1. The minimum Gasteiger partial charge on any atom is -0.329 e. The summed E-state index contributed by atoms with van der Waals surface area (Å²) >= 11 is 0. The highest BCUT2D eigenvalue weighted by Gasteiger charge is 2.00. The lowest BCUT2D eigenvalue weighted by atomic mass is 10.1. The minimum atomic E-state index is 0.700. The molecule has 0 aliphatic carbocycles. The fraction of sp³-hybridized carbons (Fsp3) is 0.308. The predicted molar refractivity (Wildman–Crippen MR) is 67.1 cm³/mol. The van der Waals surface area contributed by atoms with E-state index in [1.54, 1.807) is 0 Å². The molecule has 0 saturated heterocycles. The zero-order chi connectivity index (χ0) is 11.4. The molecule has 1 heterocycles. The van der Waals surface area contributed by atoms with Crippen LogP contribution in [-0.4, -0.2) is 30.0 Å². The molecule has 0 aliphatic rings. The van der Waals surface area contributed by atoms with Crippen LogP contribution in [0.15, 0.2) is 36.5 Å². The van der Waals surface area contributed by atoms with Crippen molar-refractivity contribution in [1.29, 1.82) is 0 Å². The molecule has 0 aliphatic heterocycles. The minimum absolute atomic E-state index is 0.700. The van der Waals surface area contributed by atoms with E-state index in [-0.39, 0.29) is 0 Å². The maximum atomic E-state index is 5.52. The second-order valence-corrected chi connectivity index (χ2v) is 4.06. The van der Waals surface area contributed by atoms with Gasteiger partial charge in [-0.1, -0.05) is 12.1 Å². The van der Waals surface area contributed by atoms with E-state index in [1.807, 2.05) is 12.3 Å². The molecule has 3 nitrogen and oxygen atoms in total. The van der Waals surface area contributed by atoms with Gasteiger partial charge in [0.15, 0.2) is 0 Å². The Bertz CT molecular complexity index is 467. The summed E-state index contributed by atoms with van der Waals surface area (Å²) in [5.74, 6) is 0. The van der Waals surface area contributed by atoms with Gasteiger partial charge < -0.3 is 10.6 Å². The van der Waals surface area contributed by atoms with Crippen LogP contribution in [-0.2, 0) is 6.54 Å². The quantitative estimate of drug-likeness (QED) is 0.842. The molecule has 0 radical (unpaired) electrons. The fourth-order valence-corrected chi connectivity index (χ4v) is 1.83. The van der Waals surface area contributed by atoms with Crippen LogP contribution in [0.2, 0.25) is 0 Å². The van der Waals surface area contributed by atoms with Crippen molar-refractivity contribution < 1.29 is 0 Å². The van der Waals surface area contributed by atoms with Crippen LogP contribution in [0.25, 0.3) is 10.9 Å². The number of hydrogen-bond donors (Lipinski definition) is 1. The van der Waals surface area contributed by atoms with Gasteiger partial charge in [0, 0.05) is 31.2 Å². The summed E-state index contributed by atoms with van der Waals surface area (Å²) in [5, 5.41) is 1.20. The maximum Gasteiger partial charge on any atom is 0.0702 e. The average molecular weight is 215 g/mol. The summed E-state index contributed by atoms with van der Waals surface area (Å²) in [6.45, 7) is 2.55. The zero-order valence-corrected chi connectivity index (χ0v) is 9.56. The number of nitrogens with two attached hydrogens (primary N) is 1. The molecule has 1 aromatic carbocycles. The van der Waals surface area contributed by atoms with Crippen molar-refractivity contribution in [3.8, 4) is 0 Å². The molecule has 0 bridgehead atoms. The Morgan fingerprint density at radius 1 is 1.31 bits per heavy atom. The number of rotatable bonds is 4. The number of hydrogen-bond acceptors (Lipinski definition) is 3. The van der Waals surface area contributed by atoms with E-state index in [4.69, 9.17) is 5.73 Å². The SMILES string of the molecule is CN(CCN)Cc1ccc2ncccc2c1. The second kappa shape index (κ2) is 5.05. The molecule has 2 aromatic rings. The first kappa shape index (κ1) is 11.0. The van der Waals surface area contributed by atoms with Gasteiger partial charge in [-0.3, -0.25) is 4.98 Å². The summed E-state index contributed by atoms with van der Waals surface area (Å²) in [4.78, 5) is 6.52. The third kappa shape index (κ3) is 2.56. The molecule has 0 atom stereocenters. The van der Waals surface area contributed by atoms with Crippen molar-refractivity contribution in [2.45, 2.75) is 6.54 Å². The monoisotopic (exact) mass is 215 g/mol. The third-order valence-electron chi connectivity index (χ3n) is 2.63. The van der Waals surface area contributed by atoms with Crippen LogP contribution in [0.5, 0.6) is 0 Å². The highest BCUT2D eigenvalue weighted by Crippen LogP contribution is 2.14. The predicted octanol–water partition coefficient (Wildman–Crippen LogP) is 1.63. The Morgan fingerprint density at radius 2 is 2.19 bits per heavy atom. The van der Waals surface area contributed by atoms with Gasteiger partial charge in [-0.25, -0.2) is 0 Å². The second-order valence-electron chi connectivity index (χ2n) is 4.06. The van der Waals surface area contributed by atoms with Gasteiger partial charge in [-0.2, -0.15) is 0 Å². The Labute approximate surface area is 95.9 Å². The number of benzene rings is 1. The first-order valence-electron chi connectivity index (χ1n) is 5.52. The van der Waals surface area contributed by atoms with Crippen LogP contribution in [0.3, 0.4) is 0 Å². The number of nitrogens with zero attached hydrogens (tertiary/aromatic N) is 2. The molecule has 3 heteroatoms. The van der Waals surface area contributed by atoms with Crippen LogP contribution in [0, 0.1) is 0 Å². The normalized spacial score (nSPS) is 11.2. The van der Waals surface area contributed by atoms with E-state index in [2.05, 4.69) is 41.2 Å². The van der Waals surface area contributed by atoms with E-state index < -0.39 is 0 Å². The van der Waals surface area contributed by atoms with Gasteiger partial charge in [-0.15, -0.1) is 0 Å². The average Bonchev–Trinajstić information content (AvgIpc) is 2.29. The highest BCUT2D eigenvalue weighted by molar-refractivity contribution is 5.78. The van der Waals surface area contributed by atoms with Crippen molar-refractivity contribution in [3.63, 3.8) is 0 Å². The van der Waals surface area contributed by atoms with Gasteiger partial charge in [0.25, 0.3) is 0 Å². The topological polar surface area (TPSA) is 42.1 Å². The molecule has 0 fully saturated rings. The van der Waals surface area contributed by atoms with Gasteiger partial charge in [0.2, 0.25) is 0 Å². The van der Waals surface area contributed by atoms with Crippen molar-refractivity contribution in [2.24, 2.45) is 5.73 Å². The van der Waals surface area contributed by atoms with Gasteiger partial charge in [0.05, 0.1) is 5.52 Å². The Kier molecular flexibility index (Phi) is 3.49. The maximum absolute atomic E-state index is 5.52. The lowest BCUT2D eigenvalue weighted by Crippen LogP contribution is -2.24. The molecule has 1 aromatic heterocycles. The molecular weight excluding hydrogens is 198 g/mol. The summed E-state index contributed by atoms with van der Waals surface area (Å²) in [5.41, 5.74) is 7.87. The molecule has 0 unspecified atom stereocenters. The van der Waals surface area contributed by atoms with Gasteiger partial charge in [0.1, 0.15) is 0 Å². The third-order valence-corrected chi connectivity index (χ3v) is 2.63. The summed E-state index contributed by atoms with van der Waals surface area (Å²) in [7, 11) is 2.08. The van der Waals surface area contributed by atoms with Crippen molar-refractivity contribution >= 4 is 10.9 Å². The van der Waals surface area contributed by atoms with Gasteiger partial charge >= 0.3 is 0 Å². The van der Waals surface area contributed by atoms with Gasteiger partial charge in [-0.05, 0) is 30.8 Å². The van der Waals surface area contributed by atoms with Crippen molar-refractivity contribution in [2.75, 3.05) is 20.1 Å². The Balaban J connectivity index is 2.19. The molecule has 84 valence electrons. The molecular formula is C13H17N3. The van der Waals surface area contributed by atoms with E-state index >= 15 is 0 Å². The van der Waals surface area contributed by atoms with Crippen molar-refractivity contribution in [3.05, 3.63) is 42.1 Å². The van der Waals surface area contributed by atoms with Crippen LogP contribution in [0.4, 0.5) is 0 Å². The summed E-state index contributed by atoms with van der Waals surface area (Å²) in [6, 6.07) is 10.4. The summed E-state index contributed by atoms with van der Waals surface area (Å²) in [6.07, 6.45) is 1.82. The molecule has 0 spiro atoms. The molecule has 2 N–H and O–H groups in total. The first-order chi connectivity index (χ1) is 7.79. The lowest BCUT2D eigenvalue weighted by molar-refractivity contribution is 0.336. The van der Waals surface area contributed by atoms with E-state index in [0.29, 0.717) is 6.54 Å². The molecule has 2 rings (SSSR count). The Morgan fingerprint density at radius 3 is 3.00 bits per heavy atom. The van der Waals surface area contributed by atoms with Crippen LogP contribution >= 0.6 is 0 Å². The Hall–Kier alpha value is -1.45. The number of likely N-dealkylation sites (N-methyl/N-ethyl adjacent to an activating group) is 1. The largest absolute Gasteiger partial charge is 0.329 e. The van der Waals surface area contributed by atoms with E-state index in [9.17, 15) is 0 Å². The standard InChI is InChI=1S/C13H17N3/c1-16(8-6-14)10-11-4-5-13-12(9-11)3-2-7-15-13/h2-5,7,9H,6,8,10,14H2,1H3. The fourth-order valence-electron chi connectivity index (χ4n) is 1.83. The number of fused-ring (bicyclic) bond motifs is 1. The molecule has 0 amide bonds. The lowest BCUT2D eigenvalue weighted by Gasteiger charge is -2.15. The zero-order valence-electron chi connectivity index (χ0n) is 9.56. The van der Waals surface area contributed by atoms with E-state index in [0.717, 1.165) is 18.6 Å². The van der Waals surface area contributed by atoms with Crippen LogP contribution in [0.1, 0.15) is 5.56 Å². The highest BCUT2D eigenvalue weighted by atomic mass is 15.1. The van der Waals surface area contributed by atoms with Crippen LogP contribution < -0.4 is 5.73 Å². The number of pyridine rings is 1. The first-order valence-corrected chi connectivity index (χ1v) is 5.52. The molecule has 0 saturated carbocycles. The molecule has 16 heavy (non-hydrogen) atoms. The van der Waals surface area contributed by atoms with Crippen molar-refractivity contribution in [1.82, 2.24) is 9.88 Å². The summed E-state index contributed by atoms with van der Waals surface area (Å²) < 4.78 is 0. The van der Waals surface area contributed by atoms with E-state index in [1.165, 1.54) is 10.9 Å².